The van der Waals surface area contributed by atoms with Gasteiger partial charge >= 0.3 is 11.7 Å². The van der Waals surface area contributed by atoms with Crippen molar-refractivity contribution in [2.45, 2.75) is 6.92 Å². The summed E-state index contributed by atoms with van der Waals surface area (Å²) in [6.45, 7) is 1.88. The van der Waals surface area contributed by atoms with Gasteiger partial charge < -0.3 is 14.7 Å². The summed E-state index contributed by atoms with van der Waals surface area (Å²) in [5.41, 5.74) is 4.51. The zero-order chi connectivity index (χ0) is 15.0. The summed E-state index contributed by atoms with van der Waals surface area (Å²) in [5, 5.41) is 0. The van der Waals surface area contributed by atoms with Crippen LogP contribution in [0.15, 0.2) is 41.2 Å². The highest BCUT2D eigenvalue weighted by Crippen LogP contribution is 2.27. The van der Waals surface area contributed by atoms with Crippen LogP contribution in [0.25, 0.3) is 22.2 Å². The Morgan fingerprint density at radius 3 is 2.62 bits per heavy atom. The first-order valence-corrected chi connectivity index (χ1v) is 6.50. The molecule has 0 spiro atoms. The second-order valence-electron chi connectivity index (χ2n) is 4.81. The molecule has 2 N–H and O–H groups in total. The Morgan fingerprint density at radius 2 is 1.86 bits per heavy atom. The van der Waals surface area contributed by atoms with Crippen molar-refractivity contribution in [3.63, 3.8) is 0 Å². The molecule has 1 aromatic heterocycles. The number of nitrogens with one attached hydrogen (secondary N) is 2. The standard InChI is InChI=1S/C16H14N2O3/c1-9-11(4-3-5-12(9)15(19)21-2)10-6-7-13-14(8-10)18-16(20)17-13/h3-8H,1-2H3,(H2,17,18,20). The highest BCUT2D eigenvalue weighted by Gasteiger charge is 2.13. The fraction of sp³-hybridized carbons (Fsp3) is 0.125. The van der Waals surface area contributed by atoms with E-state index in [1.54, 1.807) is 6.07 Å². The highest BCUT2D eigenvalue weighted by molar-refractivity contribution is 5.94. The van der Waals surface area contributed by atoms with Crippen LogP contribution in [-0.2, 0) is 4.74 Å². The number of hydrogen-bond acceptors (Lipinski definition) is 3. The van der Waals surface area contributed by atoms with Crippen molar-refractivity contribution in [1.82, 2.24) is 9.97 Å². The minimum Gasteiger partial charge on any atom is -0.465 e. The van der Waals surface area contributed by atoms with Crippen molar-refractivity contribution in [2.24, 2.45) is 0 Å². The molecule has 0 unspecified atom stereocenters. The minimum absolute atomic E-state index is 0.234. The summed E-state index contributed by atoms with van der Waals surface area (Å²) in [6.07, 6.45) is 0. The Kier molecular flexibility index (Phi) is 3.10. The average molecular weight is 282 g/mol. The lowest BCUT2D eigenvalue weighted by Gasteiger charge is -2.10. The molecule has 3 aromatic rings. The first kappa shape index (κ1) is 13.2. The van der Waals surface area contributed by atoms with Crippen LogP contribution in [0.1, 0.15) is 15.9 Å². The third-order valence-electron chi connectivity index (χ3n) is 3.57. The summed E-state index contributed by atoms with van der Waals surface area (Å²) in [6, 6.07) is 11.1. The molecule has 3 rings (SSSR count). The molecule has 0 aliphatic rings. The van der Waals surface area contributed by atoms with E-state index < -0.39 is 0 Å². The van der Waals surface area contributed by atoms with Crippen molar-refractivity contribution in [1.29, 1.82) is 0 Å². The molecular formula is C16H14N2O3. The largest absolute Gasteiger partial charge is 0.465 e. The van der Waals surface area contributed by atoms with Crippen LogP contribution in [0.5, 0.6) is 0 Å². The fourth-order valence-electron chi connectivity index (χ4n) is 2.48. The van der Waals surface area contributed by atoms with Gasteiger partial charge in [0.05, 0.1) is 23.7 Å². The zero-order valence-electron chi connectivity index (χ0n) is 11.7. The Labute approximate surface area is 120 Å². The van der Waals surface area contributed by atoms with Crippen LogP contribution in [0, 0.1) is 6.92 Å². The normalized spacial score (nSPS) is 10.8. The van der Waals surface area contributed by atoms with Gasteiger partial charge in [-0.3, -0.25) is 0 Å². The molecule has 5 heteroatoms. The molecule has 1 heterocycles. The lowest BCUT2D eigenvalue weighted by molar-refractivity contribution is 0.0600. The number of fused-ring (bicyclic) bond motifs is 1. The lowest BCUT2D eigenvalue weighted by atomic mass is 9.96. The van der Waals surface area contributed by atoms with Gasteiger partial charge in [0, 0.05) is 0 Å². The summed E-state index contributed by atoms with van der Waals surface area (Å²) in [5.74, 6) is -0.356. The van der Waals surface area contributed by atoms with Crippen LogP contribution >= 0.6 is 0 Å². The number of H-pyrrole nitrogens is 2. The van der Waals surface area contributed by atoms with E-state index in [-0.39, 0.29) is 11.7 Å². The Bertz CT molecular complexity index is 890. The van der Waals surface area contributed by atoms with Gasteiger partial charge in [0.25, 0.3) is 0 Å². The van der Waals surface area contributed by atoms with E-state index in [9.17, 15) is 9.59 Å². The third kappa shape index (κ3) is 2.23. The van der Waals surface area contributed by atoms with E-state index >= 15 is 0 Å². The zero-order valence-corrected chi connectivity index (χ0v) is 11.7. The molecule has 2 aromatic carbocycles. The maximum atomic E-state index is 11.8. The Hall–Kier alpha value is -2.82. The maximum Gasteiger partial charge on any atom is 0.338 e. The molecular weight excluding hydrogens is 268 g/mol. The number of esters is 1. The number of imidazole rings is 1. The highest BCUT2D eigenvalue weighted by atomic mass is 16.5. The maximum absolute atomic E-state index is 11.8. The van der Waals surface area contributed by atoms with Crippen molar-refractivity contribution in [3.8, 4) is 11.1 Å². The predicted molar refractivity (Wildman–Crippen MR) is 80.4 cm³/mol. The van der Waals surface area contributed by atoms with Gasteiger partial charge in [-0.15, -0.1) is 0 Å². The van der Waals surface area contributed by atoms with E-state index in [4.69, 9.17) is 4.74 Å². The lowest BCUT2D eigenvalue weighted by Crippen LogP contribution is -2.04. The van der Waals surface area contributed by atoms with E-state index in [1.807, 2.05) is 37.3 Å². The summed E-state index contributed by atoms with van der Waals surface area (Å²) >= 11 is 0. The number of carbonyl (C=O) groups excluding carboxylic acids is 1. The first-order chi connectivity index (χ1) is 10.1. The van der Waals surface area contributed by atoms with E-state index in [2.05, 4.69) is 9.97 Å². The van der Waals surface area contributed by atoms with Gasteiger partial charge in [-0.1, -0.05) is 18.2 Å². The smallest absolute Gasteiger partial charge is 0.338 e. The average Bonchev–Trinajstić information content (AvgIpc) is 2.85. The predicted octanol–water partition coefficient (Wildman–Crippen LogP) is 2.62. The van der Waals surface area contributed by atoms with E-state index in [0.29, 0.717) is 5.56 Å². The minimum atomic E-state index is -0.356. The number of hydrogen-bond donors (Lipinski definition) is 2. The topological polar surface area (TPSA) is 75.0 Å². The van der Waals surface area contributed by atoms with E-state index in [1.165, 1.54) is 7.11 Å². The molecule has 0 bridgehead atoms. The summed E-state index contributed by atoms with van der Waals surface area (Å²) in [4.78, 5) is 28.5. The number of rotatable bonds is 2. The van der Waals surface area contributed by atoms with Crippen LogP contribution in [0.3, 0.4) is 0 Å². The molecule has 0 amide bonds. The van der Waals surface area contributed by atoms with Crippen molar-refractivity contribution in [2.75, 3.05) is 7.11 Å². The summed E-state index contributed by atoms with van der Waals surface area (Å²) < 4.78 is 4.79. The molecule has 0 atom stereocenters. The quantitative estimate of drug-likeness (QED) is 0.709. The van der Waals surface area contributed by atoms with Crippen molar-refractivity contribution in [3.05, 3.63) is 58.0 Å². The number of ether oxygens (including phenoxy) is 1. The molecule has 5 nitrogen and oxygen atoms in total. The molecule has 0 saturated carbocycles. The molecule has 21 heavy (non-hydrogen) atoms. The first-order valence-electron chi connectivity index (χ1n) is 6.50. The molecule has 106 valence electrons. The Balaban J connectivity index is 2.18. The van der Waals surface area contributed by atoms with Gasteiger partial charge in [-0.2, -0.15) is 0 Å². The Morgan fingerprint density at radius 1 is 1.10 bits per heavy atom. The molecule has 0 radical (unpaired) electrons. The number of aromatic amines is 2. The molecule has 0 aliphatic carbocycles. The van der Waals surface area contributed by atoms with Crippen LogP contribution < -0.4 is 5.69 Å². The van der Waals surface area contributed by atoms with Gasteiger partial charge in [-0.25, -0.2) is 9.59 Å². The second-order valence-corrected chi connectivity index (χ2v) is 4.81. The van der Waals surface area contributed by atoms with Gasteiger partial charge in [0.1, 0.15) is 0 Å². The van der Waals surface area contributed by atoms with Crippen LogP contribution in [0.4, 0.5) is 0 Å². The molecule has 0 aliphatic heterocycles. The number of carbonyl (C=O) groups is 1. The van der Waals surface area contributed by atoms with E-state index in [0.717, 1.165) is 27.7 Å². The number of benzene rings is 2. The third-order valence-corrected chi connectivity index (χ3v) is 3.57. The van der Waals surface area contributed by atoms with Crippen LogP contribution in [-0.4, -0.2) is 23.0 Å². The molecule has 0 saturated heterocycles. The fourth-order valence-corrected chi connectivity index (χ4v) is 2.48. The SMILES string of the molecule is COC(=O)c1cccc(-c2ccc3[nH]c(=O)[nH]c3c2)c1C. The monoisotopic (exact) mass is 282 g/mol. The van der Waals surface area contributed by atoms with Gasteiger partial charge in [-0.05, 0) is 41.8 Å². The second kappa shape index (κ2) is 4.94. The van der Waals surface area contributed by atoms with Crippen molar-refractivity contribution >= 4 is 17.0 Å². The van der Waals surface area contributed by atoms with Gasteiger partial charge in [0.2, 0.25) is 0 Å². The van der Waals surface area contributed by atoms with Crippen LogP contribution in [0.2, 0.25) is 0 Å². The van der Waals surface area contributed by atoms with Crippen molar-refractivity contribution < 1.29 is 9.53 Å². The number of methoxy groups -OCH3 is 1. The number of aromatic nitrogens is 2. The molecule has 0 fully saturated rings. The van der Waals surface area contributed by atoms with Gasteiger partial charge in [0.15, 0.2) is 0 Å². The summed E-state index contributed by atoms with van der Waals surface area (Å²) in [7, 11) is 1.37.